The van der Waals surface area contributed by atoms with Crippen LogP contribution in [-0.2, 0) is 0 Å². The molecule has 0 atom stereocenters. The van der Waals surface area contributed by atoms with E-state index in [-0.39, 0.29) is 5.54 Å². The van der Waals surface area contributed by atoms with Gasteiger partial charge in [-0.3, -0.25) is 4.99 Å². The third-order valence-electron chi connectivity index (χ3n) is 1.03. The molecule has 1 heterocycles. The highest BCUT2D eigenvalue weighted by Gasteiger charge is 2.17. The zero-order chi connectivity index (χ0) is 9.33. The van der Waals surface area contributed by atoms with Crippen LogP contribution in [0.1, 0.15) is 41.5 Å². The molecule has 1 N–H and O–H groups in total. The maximum atomic E-state index is 4.00. The van der Waals surface area contributed by atoms with Crippen molar-refractivity contribution < 1.29 is 0 Å². The van der Waals surface area contributed by atoms with Gasteiger partial charge in [0.1, 0.15) is 0 Å². The number of rotatable bonds is 0. The van der Waals surface area contributed by atoms with E-state index in [0.29, 0.717) is 0 Å². The van der Waals surface area contributed by atoms with E-state index in [1.807, 2.05) is 27.7 Å². The SMILES string of the molecule is CC.CC.CC1(C)CN=CN1. The van der Waals surface area contributed by atoms with Crippen LogP contribution in [-0.4, -0.2) is 18.4 Å². The van der Waals surface area contributed by atoms with E-state index >= 15 is 0 Å². The van der Waals surface area contributed by atoms with Gasteiger partial charge < -0.3 is 5.32 Å². The van der Waals surface area contributed by atoms with Gasteiger partial charge in [-0.2, -0.15) is 0 Å². The second-order valence-corrected chi connectivity index (χ2v) is 2.50. The Morgan fingerprint density at radius 2 is 1.64 bits per heavy atom. The quantitative estimate of drug-likeness (QED) is 0.575. The van der Waals surface area contributed by atoms with E-state index < -0.39 is 0 Å². The summed E-state index contributed by atoms with van der Waals surface area (Å²) in [5.74, 6) is 0. The van der Waals surface area contributed by atoms with Crippen molar-refractivity contribution in [2.24, 2.45) is 4.99 Å². The minimum atomic E-state index is 0.222. The molecule has 1 aliphatic heterocycles. The summed E-state index contributed by atoms with van der Waals surface area (Å²) in [6.45, 7) is 13.2. The van der Waals surface area contributed by atoms with Crippen LogP contribution in [0.25, 0.3) is 0 Å². The summed E-state index contributed by atoms with van der Waals surface area (Å²) in [7, 11) is 0. The Kier molecular flexibility index (Phi) is 9.01. The molecule has 0 fully saturated rings. The topological polar surface area (TPSA) is 24.4 Å². The molecule has 0 amide bonds. The van der Waals surface area contributed by atoms with Crippen molar-refractivity contribution in [3.05, 3.63) is 0 Å². The molecule has 0 radical (unpaired) electrons. The van der Waals surface area contributed by atoms with Gasteiger partial charge in [0.2, 0.25) is 0 Å². The fourth-order valence-corrected chi connectivity index (χ4v) is 0.540. The van der Waals surface area contributed by atoms with Crippen LogP contribution in [0.3, 0.4) is 0 Å². The lowest BCUT2D eigenvalue weighted by Crippen LogP contribution is -2.35. The maximum Gasteiger partial charge on any atom is 0.0829 e. The molecule has 2 nitrogen and oxygen atoms in total. The molecule has 11 heavy (non-hydrogen) atoms. The number of hydrogen-bond donors (Lipinski definition) is 1. The summed E-state index contributed by atoms with van der Waals surface area (Å²) < 4.78 is 0. The molecule has 0 aromatic carbocycles. The zero-order valence-corrected chi connectivity index (χ0v) is 8.73. The largest absolute Gasteiger partial charge is 0.370 e. The number of hydrogen-bond acceptors (Lipinski definition) is 2. The molecular formula is C9H22N2. The van der Waals surface area contributed by atoms with Crippen molar-refractivity contribution in [3.63, 3.8) is 0 Å². The van der Waals surface area contributed by atoms with Crippen molar-refractivity contribution in [2.45, 2.75) is 47.1 Å². The van der Waals surface area contributed by atoms with E-state index in [1.54, 1.807) is 6.34 Å². The molecule has 2 heteroatoms. The third kappa shape index (κ3) is 7.37. The van der Waals surface area contributed by atoms with Gasteiger partial charge in [0, 0.05) is 0 Å². The highest BCUT2D eigenvalue weighted by Crippen LogP contribution is 2.03. The van der Waals surface area contributed by atoms with E-state index in [2.05, 4.69) is 24.2 Å². The lowest BCUT2D eigenvalue weighted by atomic mass is 10.1. The van der Waals surface area contributed by atoms with Gasteiger partial charge in [0.25, 0.3) is 0 Å². The Labute approximate surface area is 71.1 Å². The van der Waals surface area contributed by atoms with Crippen molar-refractivity contribution >= 4 is 6.34 Å². The molecule has 0 aromatic rings. The Morgan fingerprint density at radius 1 is 1.18 bits per heavy atom. The highest BCUT2D eigenvalue weighted by atomic mass is 15.1. The predicted octanol–water partition coefficient (Wildman–Crippen LogP) is 2.45. The number of nitrogens with zero attached hydrogens (tertiary/aromatic N) is 1. The Hall–Kier alpha value is -0.530. The molecule has 0 saturated heterocycles. The average molecular weight is 158 g/mol. The van der Waals surface area contributed by atoms with E-state index in [9.17, 15) is 0 Å². The van der Waals surface area contributed by atoms with Gasteiger partial charge in [-0.25, -0.2) is 0 Å². The minimum Gasteiger partial charge on any atom is -0.370 e. The van der Waals surface area contributed by atoms with Crippen LogP contribution in [0.4, 0.5) is 0 Å². The molecule has 0 unspecified atom stereocenters. The summed E-state index contributed by atoms with van der Waals surface area (Å²) in [5.41, 5.74) is 0.222. The predicted molar refractivity (Wildman–Crippen MR) is 53.3 cm³/mol. The molecule has 0 bridgehead atoms. The molecule has 1 rings (SSSR count). The summed E-state index contributed by atoms with van der Waals surface area (Å²) in [4.78, 5) is 4.00. The van der Waals surface area contributed by atoms with Crippen LogP contribution in [0.2, 0.25) is 0 Å². The Balaban J connectivity index is 0. The maximum absolute atomic E-state index is 4.00. The van der Waals surface area contributed by atoms with Crippen LogP contribution in [0, 0.1) is 0 Å². The first kappa shape index (κ1) is 13.1. The normalized spacial score (nSPS) is 16.9. The van der Waals surface area contributed by atoms with Crippen molar-refractivity contribution in [2.75, 3.05) is 6.54 Å². The van der Waals surface area contributed by atoms with Crippen LogP contribution >= 0.6 is 0 Å². The molecule has 0 saturated carbocycles. The van der Waals surface area contributed by atoms with Gasteiger partial charge >= 0.3 is 0 Å². The second kappa shape index (κ2) is 7.58. The first-order valence-corrected chi connectivity index (χ1v) is 4.47. The van der Waals surface area contributed by atoms with E-state index in [0.717, 1.165) is 6.54 Å². The van der Waals surface area contributed by atoms with Crippen LogP contribution in [0.15, 0.2) is 4.99 Å². The third-order valence-corrected chi connectivity index (χ3v) is 1.03. The smallest absolute Gasteiger partial charge is 0.0829 e. The van der Waals surface area contributed by atoms with Gasteiger partial charge in [-0.15, -0.1) is 0 Å². The highest BCUT2D eigenvalue weighted by molar-refractivity contribution is 5.58. The van der Waals surface area contributed by atoms with E-state index in [1.165, 1.54) is 0 Å². The molecule has 0 aromatic heterocycles. The van der Waals surface area contributed by atoms with Gasteiger partial charge in [0.05, 0.1) is 18.4 Å². The summed E-state index contributed by atoms with van der Waals surface area (Å²) >= 11 is 0. The van der Waals surface area contributed by atoms with Gasteiger partial charge in [-0.1, -0.05) is 27.7 Å². The molecule has 1 aliphatic rings. The zero-order valence-electron chi connectivity index (χ0n) is 8.73. The number of aliphatic imine (C=N–C) groups is 1. The van der Waals surface area contributed by atoms with Crippen LogP contribution < -0.4 is 5.32 Å². The Morgan fingerprint density at radius 3 is 1.73 bits per heavy atom. The fourth-order valence-electron chi connectivity index (χ4n) is 0.540. The summed E-state index contributed by atoms with van der Waals surface area (Å²) in [6, 6.07) is 0. The van der Waals surface area contributed by atoms with Gasteiger partial charge in [0.15, 0.2) is 0 Å². The fraction of sp³-hybridized carbons (Fsp3) is 0.889. The second-order valence-electron chi connectivity index (χ2n) is 2.50. The standard InChI is InChI=1S/C5H10N2.2C2H6/c1-5(2)3-6-4-7-5;2*1-2/h4H,3H2,1-2H3,(H,6,7);2*1-2H3. The van der Waals surface area contributed by atoms with Crippen molar-refractivity contribution in [1.82, 2.24) is 5.32 Å². The lowest BCUT2D eigenvalue weighted by molar-refractivity contribution is 0.508. The van der Waals surface area contributed by atoms with Crippen molar-refractivity contribution in [3.8, 4) is 0 Å². The monoisotopic (exact) mass is 158 g/mol. The van der Waals surface area contributed by atoms with Crippen LogP contribution in [0.5, 0.6) is 0 Å². The lowest BCUT2D eigenvalue weighted by Gasteiger charge is -2.14. The molecular weight excluding hydrogens is 136 g/mol. The van der Waals surface area contributed by atoms with Crippen molar-refractivity contribution in [1.29, 1.82) is 0 Å². The number of nitrogens with one attached hydrogen (secondary N) is 1. The van der Waals surface area contributed by atoms with Gasteiger partial charge in [-0.05, 0) is 13.8 Å². The molecule has 0 spiro atoms. The molecule has 0 aliphatic carbocycles. The average Bonchev–Trinajstić information content (AvgIpc) is 2.43. The summed E-state index contributed by atoms with van der Waals surface area (Å²) in [6.07, 6.45) is 1.76. The minimum absolute atomic E-state index is 0.222. The first-order chi connectivity index (χ1) is 5.21. The molecule has 68 valence electrons. The Bertz CT molecular complexity index is 85.7. The summed E-state index contributed by atoms with van der Waals surface area (Å²) in [5, 5.41) is 3.10. The van der Waals surface area contributed by atoms with E-state index in [4.69, 9.17) is 0 Å². The first-order valence-electron chi connectivity index (χ1n) is 4.47.